The van der Waals surface area contributed by atoms with E-state index in [0.29, 0.717) is 6.04 Å². The quantitative estimate of drug-likeness (QED) is 0.939. The Bertz CT molecular complexity index is 567. The summed E-state index contributed by atoms with van der Waals surface area (Å²) in [6.07, 6.45) is 6.33. The molecule has 0 radical (unpaired) electrons. The van der Waals surface area contributed by atoms with E-state index in [2.05, 4.69) is 31.4 Å². The molecule has 6 heteroatoms. The van der Waals surface area contributed by atoms with Gasteiger partial charge in [0.25, 0.3) is 0 Å². The molecule has 1 aliphatic rings. The lowest BCUT2D eigenvalue weighted by atomic mass is 10.2. The van der Waals surface area contributed by atoms with Gasteiger partial charge in [-0.25, -0.2) is 4.68 Å². The fraction of sp³-hybridized carbons (Fsp3) is 0.500. The lowest BCUT2D eigenvalue weighted by Gasteiger charge is -2.07. The maximum atomic E-state index is 4.50. The molecule has 0 aromatic carbocycles. The molecule has 1 fully saturated rings. The zero-order valence-corrected chi connectivity index (χ0v) is 12.1. The molecule has 0 bridgehead atoms. The van der Waals surface area contributed by atoms with Gasteiger partial charge >= 0.3 is 0 Å². The summed E-state index contributed by atoms with van der Waals surface area (Å²) in [5.41, 5.74) is 2.28. The molecule has 2 aromatic rings. The summed E-state index contributed by atoms with van der Waals surface area (Å²) in [7, 11) is 1.96. The van der Waals surface area contributed by atoms with Gasteiger partial charge in [-0.2, -0.15) is 10.2 Å². The Labute approximate surface area is 114 Å². The van der Waals surface area contributed by atoms with E-state index in [4.69, 9.17) is 0 Å². The number of aromatic nitrogens is 4. The molecular weight excluding hydrogens is 294 g/mol. The second-order valence-electron chi connectivity index (χ2n) is 4.77. The molecule has 0 aliphatic heterocycles. The third-order valence-electron chi connectivity index (χ3n) is 3.23. The van der Waals surface area contributed by atoms with E-state index in [1.807, 2.05) is 29.5 Å². The minimum Gasteiger partial charge on any atom is -0.310 e. The first-order valence-corrected chi connectivity index (χ1v) is 6.91. The van der Waals surface area contributed by atoms with Gasteiger partial charge in [0.05, 0.1) is 16.4 Å². The van der Waals surface area contributed by atoms with Gasteiger partial charge in [0.15, 0.2) is 5.82 Å². The summed E-state index contributed by atoms with van der Waals surface area (Å²) in [4.78, 5) is 0. The van der Waals surface area contributed by atoms with Crippen molar-refractivity contribution in [2.75, 3.05) is 0 Å². The number of nitrogens with one attached hydrogen (secondary N) is 1. The topological polar surface area (TPSA) is 47.7 Å². The largest absolute Gasteiger partial charge is 0.310 e. The van der Waals surface area contributed by atoms with Gasteiger partial charge in [-0.15, -0.1) is 0 Å². The van der Waals surface area contributed by atoms with Crippen molar-refractivity contribution < 1.29 is 0 Å². The summed E-state index contributed by atoms with van der Waals surface area (Å²) in [6.45, 7) is 2.91. The van der Waals surface area contributed by atoms with Crippen molar-refractivity contribution in [3.63, 3.8) is 0 Å². The van der Waals surface area contributed by atoms with Crippen molar-refractivity contribution in [2.24, 2.45) is 7.05 Å². The first kappa shape index (κ1) is 11.9. The van der Waals surface area contributed by atoms with E-state index < -0.39 is 0 Å². The lowest BCUT2D eigenvalue weighted by Crippen LogP contribution is -2.17. The predicted octanol–water partition coefficient (Wildman–Crippen LogP) is 1.93. The zero-order chi connectivity index (χ0) is 12.7. The van der Waals surface area contributed by atoms with Crippen molar-refractivity contribution >= 4 is 15.9 Å². The molecule has 2 aromatic heterocycles. The van der Waals surface area contributed by atoms with Crippen molar-refractivity contribution in [3.05, 3.63) is 28.1 Å². The van der Waals surface area contributed by atoms with Crippen molar-refractivity contribution in [1.82, 2.24) is 24.9 Å². The van der Waals surface area contributed by atoms with Gasteiger partial charge in [-0.05, 0) is 35.7 Å². The molecular formula is C12H16BrN5. The molecule has 0 amide bonds. The molecule has 96 valence electrons. The minimum absolute atomic E-state index is 0.696. The van der Waals surface area contributed by atoms with Crippen LogP contribution in [0.2, 0.25) is 0 Å². The molecule has 0 unspecified atom stereocenters. The monoisotopic (exact) mass is 309 g/mol. The van der Waals surface area contributed by atoms with Crippen LogP contribution in [0.5, 0.6) is 0 Å². The van der Waals surface area contributed by atoms with E-state index in [0.717, 1.165) is 22.5 Å². The van der Waals surface area contributed by atoms with E-state index >= 15 is 0 Å². The first-order chi connectivity index (χ1) is 8.65. The number of rotatable bonds is 4. The molecule has 0 saturated heterocycles. The number of hydrogen-bond acceptors (Lipinski definition) is 3. The summed E-state index contributed by atoms with van der Waals surface area (Å²) in [5.74, 6) is 1.03. The molecule has 5 nitrogen and oxygen atoms in total. The van der Waals surface area contributed by atoms with Crippen LogP contribution in [0.15, 0.2) is 16.9 Å². The van der Waals surface area contributed by atoms with Crippen LogP contribution in [0, 0.1) is 6.92 Å². The van der Waals surface area contributed by atoms with Crippen molar-refractivity contribution in [1.29, 1.82) is 0 Å². The lowest BCUT2D eigenvalue weighted by molar-refractivity contribution is 0.665. The number of aryl methyl sites for hydroxylation is 2. The predicted molar refractivity (Wildman–Crippen MR) is 72.6 cm³/mol. The van der Waals surface area contributed by atoms with Crippen molar-refractivity contribution in [3.8, 4) is 5.82 Å². The number of nitrogens with zero attached hydrogens (tertiary/aromatic N) is 4. The molecule has 1 N–H and O–H groups in total. The van der Waals surface area contributed by atoms with Gasteiger partial charge in [0.1, 0.15) is 0 Å². The molecule has 0 atom stereocenters. The maximum Gasteiger partial charge on any atom is 0.156 e. The van der Waals surface area contributed by atoms with E-state index in [1.54, 1.807) is 6.20 Å². The fourth-order valence-corrected chi connectivity index (χ4v) is 2.42. The standard InChI is InChI=1S/C12H16BrN5/c1-8-11(6-14-10-3-4-10)12(17(2)16-8)18-7-9(13)5-15-18/h5,7,10,14H,3-4,6H2,1-2H3. The Morgan fingerprint density at radius 2 is 2.28 bits per heavy atom. The van der Waals surface area contributed by atoms with Crippen LogP contribution in [0.3, 0.4) is 0 Å². The van der Waals surface area contributed by atoms with Crippen LogP contribution in [0.1, 0.15) is 24.1 Å². The highest BCUT2D eigenvalue weighted by Crippen LogP contribution is 2.23. The second-order valence-corrected chi connectivity index (χ2v) is 5.69. The number of hydrogen-bond donors (Lipinski definition) is 1. The Hall–Kier alpha value is -1.14. The van der Waals surface area contributed by atoms with Crippen LogP contribution in [0.4, 0.5) is 0 Å². The Balaban J connectivity index is 1.95. The van der Waals surface area contributed by atoms with Crippen molar-refractivity contribution in [2.45, 2.75) is 32.4 Å². The molecule has 18 heavy (non-hydrogen) atoms. The van der Waals surface area contributed by atoms with Crippen LogP contribution in [0.25, 0.3) is 5.82 Å². The Kier molecular flexibility index (Phi) is 2.99. The smallest absolute Gasteiger partial charge is 0.156 e. The summed E-state index contributed by atoms with van der Waals surface area (Å²) in [6, 6.07) is 0.696. The average Bonchev–Trinajstić information content (AvgIpc) is 2.98. The van der Waals surface area contributed by atoms with E-state index in [1.165, 1.54) is 18.4 Å². The van der Waals surface area contributed by atoms with Crippen LogP contribution >= 0.6 is 15.9 Å². The summed E-state index contributed by atoms with van der Waals surface area (Å²) in [5, 5.41) is 12.4. The average molecular weight is 310 g/mol. The third-order valence-corrected chi connectivity index (χ3v) is 3.64. The highest BCUT2D eigenvalue weighted by molar-refractivity contribution is 9.10. The summed E-state index contributed by atoms with van der Waals surface area (Å²) < 4.78 is 4.73. The summed E-state index contributed by atoms with van der Waals surface area (Å²) >= 11 is 3.43. The SMILES string of the molecule is Cc1nn(C)c(-n2cc(Br)cn2)c1CNC1CC1. The highest BCUT2D eigenvalue weighted by atomic mass is 79.9. The van der Waals surface area contributed by atoms with Crippen LogP contribution in [-0.2, 0) is 13.6 Å². The van der Waals surface area contributed by atoms with Gasteiger partial charge in [-0.3, -0.25) is 4.68 Å². The number of halogens is 1. The molecule has 1 aliphatic carbocycles. The van der Waals surface area contributed by atoms with Gasteiger partial charge < -0.3 is 5.32 Å². The van der Waals surface area contributed by atoms with Gasteiger partial charge in [0, 0.05) is 31.4 Å². The molecule has 0 spiro atoms. The molecule has 2 heterocycles. The highest BCUT2D eigenvalue weighted by Gasteiger charge is 2.22. The normalized spacial score (nSPS) is 15.3. The fourth-order valence-electron chi connectivity index (χ4n) is 2.13. The van der Waals surface area contributed by atoms with Gasteiger partial charge in [0.2, 0.25) is 0 Å². The van der Waals surface area contributed by atoms with Crippen LogP contribution in [-0.4, -0.2) is 25.6 Å². The van der Waals surface area contributed by atoms with E-state index in [-0.39, 0.29) is 0 Å². The van der Waals surface area contributed by atoms with E-state index in [9.17, 15) is 0 Å². The van der Waals surface area contributed by atoms with Crippen LogP contribution < -0.4 is 5.32 Å². The Morgan fingerprint density at radius 1 is 1.50 bits per heavy atom. The molecule has 1 saturated carbocycles. The zero-order valence-electron chi connectivity index (χ0n) is 10.5. The first-order valence-electron chi connectivity index (χ1n) is 6.11. The maximum absolute atomic E-state index is 4.50. The Morgan fingerprint density at radius 3 is 2.89 bits per heavy atom. The molecule has 3 rings (SSSR count). The minimum atomic E-state index is 0.696. The third kappa shape index (κ3) is 2.22. The second kappa shape index (κ2) is 4.51. The van der Waals surface area contributed by atoms with Gasteiger partial charge in [-0.1, -0.05) is 0 Å².